The molecule has 0 radical (unpaired) electrons. The molecule has 0 bridgehead atoms. The third-order valence-electron chi connectivity index (χ3n) is 2.86. The van der Waals surface area contributed by atoms with Gasteiger partial charge in [-0.3, -0.25) is 0 Å². The quantitative estimate of drug-likeness (QED) is 0.682. The van der Waals surface area contributed by atoms with Crippen molar-refractivity contribution in [3.05, 3.63) is 47.5 Å². The number of hydrogen-bond donors (Lipinski definition) is 1. The van der Waals surface area contributed by atoms with Gasteiger partial charge in [-0.05, 0) is 36.0 Å². The molecule has 0 atom stereocenters. The van der Waals surface area contributed by atoms with Crippen LogP contribution in [-0.4, -0.2) is 21.7 Å². The molecular formula is C15H10ClN5S2. The van der Waals surface area contributed by atoms with Crippen molar-refractivity contribution >= 4 is 50.7 Å². The summed E-state index contributed by atoms with van der Waals surface area (Å²) in [5.41, 5.74) is 1.26. The molecular weight excluding hydrogens is 350 g/mol. The maximum Gasteiger partial charge on any atom is 0.206 e. The van der Waals surface area contributed by atoms with E-state index in [1.54, 1.807) is 30.3 Å². The van der Waals surface area contributed by atoms with Crippen LogP contribution < -0.4 is 5.32 Å². The topological polar surface area (TPSA) is 74.5 Å². The van der Waals surface area contributed by atoms with Crippen LogP contribution in [-0.2, 0) is 0 Å². The number of nitrogens with zero attached hydrogens (tertiary/aromatic N) is 4. The maximum absolute atomic E-state index is 9.34. The summed E-state index contributed by atoms with van der Waals surface area (Å²) < 4.78 is 0.751. The number of fused-ring (bicyclic) bond motifs is 1. The maximum atomic E-state index is 9.34. The van der Waals surface area contributed by atoms with Crippen molar-refractivity contribution < 1.29 is 0 Å². The predicted molar refractivity (Wildman–Crippen MR) is 94.2 cm³/mol. The molecule has 0 saturated carbocycles. The van der Waals surface area contributed by atoms with Crippen molar-refractivity contribution in [1.29, 1.82) is 5.26 Å². The molecule has 0 amide bonds. The van der Waals surface area contributed by atoms with Gasteiger partial charge in [-0.1, -0.05) is 29.0 Å². The fourth-order valence-corrected chi connectivity index (χ4v) is 3.79. The molecule has 0 fully saturated rings. The van der Waals surface area contributed by atoms with Gasteiger partial charge in [-0.2, -0.15) is 5.26 Å². The lowest BCUT2D eigenvalue weighted by molar-refractivity contribution is 1.00. The van der Waals surface area contributed by atoms with Crippen LogP contribution in [0.4, 0.5) is 5.13 Å². The smallest absolute Gasteiger partial charge is 0.206 e. The summed E-state index contributed by atoms with van der Waals surface area (Å²) in [6, 6.07) is 9.24. The lowest BCUT2D eigenvalue weighted by Gasteiger charge is -2.03. The van der Waals surface area contributed by atoms with Gasteiger partial charge in [0, 0.05) is 17.0 Å². The second kappa shape index (κ2) is 6.96. The molecule has 0 aliphatic rings. The van der Waals surface area contributed by atoms with Crippen molar-refractivity contribution in [2.24, 2.45) is 0 Å². The van der Waals surface area contributed by atoms with Gasteiger partial charge in [0.15, 0.2) is 4.34 Å². The monoisotopic (exact) mass is 359 g/mol. The zero-order valence-corrected chi connectivity index (χ0v) is 14.2. The average molecular weight is 360 g/mol. The third-order valence-corrected chi connectivity index (χ3v) is 4.95. The second-order valence-corrected chi connectivity index (χ2v) is 7.11. The van der Waals surface area contributed by atoms with Crippen LogP contribution in [0.5, 0.6) is 0 Å². The lowest BCUT2D eigenvalue weighted by atomic mass is 10.1. The zero-order valence-electron chi connectivity index (χ0n) is 11.8. The molecule has 0 aliphatic heterocycles. The highest BCUT2D eigenvalue weighted by Crippen LogP contribution is 2.33. The number of nitriles is 1. The Kier molecular flexibility index (Phi) is 4.76. The molecule has 1 aromatic carbocycles. The summed E-state index contributed by atoms with van der Waals surface area (Å²) in [7, 11) is 0. The molecule has 2 aromatic heterocycles. The van der Waals surface area contributed by atoms with E-state index in [9.17, 15) is 5.26 Å². The minimum Gasteiger partial charge on any atom is -0.357 e. The Balaban J connectivity index is 1.91. The fourth-order valence-electron chi connectivity index (χ4n) is 1.89. The van der Waals surface area contributed by atoms with Crippen molar-refractivity contribution in [2.75, 3.05) is 11.9 Å². The summed E-state index contributed by atoms with van der Waals surface area (Å²) in [5.74, 6) is 0. The first-order chi connectivity index (χ1) is 11.2. The van der Waals surface area contributed by atoms with E-state index in [1.165, 1.54) is 23.1 Å². The van der Waals surface area contributed by atoms with Gasteiger partial charge < -0.3 is 5.32 Å². The highest BCUT2D eigenvalue weighted by Gasteiger charge is 2.10. The third kappa shape index (κ3) is 3.62. The molecule has 8 heteroatoms. The van der Waals surface area contributed by atoms with Crippen molar-refractivity contribution in [3.63, 3.8) is 0 Å². The average Bonchev–Trinajstić information content (AvgIpc) is 3.00. The number of anilines is 1. The molecule has 23 heavy (non-hydrogen) atoms. The molecule has 0 unspecified atom stereocenters. The highest BCUT2D eigenvalue weighted by molar-refractivity contribution is 8.01. The summed E-state index contributed by atoms with van der Waals surface area (Å²) >= 11 is 8.79. The van der Waals surface area contributed by atoms with Crippen molar-refractivity contribution in [2.45, 2.75) is 9.37 Å². The summed E-state index contributed by atoms with van der Waals surface area (Å²) in [6.07, 6.45) is 1.75. The Bertz CT molecular complexity index is 916. The highest BCUT2D eigenvalue weighted by atomic mass is 35.5. The molecule has 2 heterocycles. The molecule has 3 aromatic rings. The van der Waals surface area contributed by atoms with Gasteiger partial charge in [0.1, 0.15) is 5.03 Å². The Morgan fingerprint density at radius 1 is 1.39 bits per heavy atom. The van der Waals surface area contributed by atoms with Gasteiger partial charge >= 0.3 is 0 Å². The first kappa shape index (κ1) is 15.7. The second-order valence-electron chi connectivity index (χ2n) is 4.43. The molecule has 1 N–H and O–H groups in total. The van der Waals surface area contributed by atoms with Crippen LogP contribution in [0.3, 0.4) is 0 Å². The van der Waals surface area contributed by atoms with Crippen LogP contribution in [0, 0.1) is 11.3 Å². The van der Waals surface area contributed by atoms with Crippen molar-refractivity contribution in [3.8, 4) is 6.07 Å². The van der Waals surface area contributed by atoms with E-state index in [4.69, 9.17) is 11.6 Å². The zero-order chi connectivity index (χ0) is 16.2. The fraction of sp³-hybridized carbons (Fsp3) is 0.0667. The predicted octanol–water partition coefficient (Wildman–Crippen LogP) is 4.36. The van der Waals surface area contributed by atoms with Crippen molar-refractivity contribution in [1.82, 2.24) is 15.2 Å². The van der Waals surface area contributed by atoms with Crippen LogP contribution in [0.15, 0.2) is 46.3 Å². The molecule has 5 nitrogen and oxygen atoms in total. The SMILES string of the molecule is C=CCNc1nnc(Sc2cc(C#N)c3cc(Cl)ccc3n2)s1. The summed E-state index contributed by atoms with van der Waals surface area (Å²) in [6.45, 7) is 4.28. The van der Waals surface area contributed by atoms with E-state index in [-0.39, 0.29) is 0 Å². The van der Waals surface area contributed by atoms with Crippen LogP contribution >= 0.6 is 34.7 Å². The van der Waals surface area contributed by atoms with Gasteiger partial charge in [-0.25, -0.2) is 4.98 Å². The van der Waals surface area contributed by atoms with Gasteiger partial charge in [-0.15, -0.1) is 16.8 Å². The number of nitrogens with one attached hydrogen (secondary N) is 1. The molecule has 0 saturated heterocycles. The lowest BCUT2D eigenvalue weighted by Crippen LogP contribution is -1.96. The number of aromatic nitrogens is 3. The number of halogens is 1. The number of benzene rings is 1. The number of hydrogen-bond acceptors (Lipinski definition) is 7. The molecule has 114 valence electrons. The van der Waals surface area contributed by atoms with E-state index in [2.05, 4.69) is 33.1 Å². The van der Waals surface area contributed by atoms with E-state index in [0.29, 0.717) is 22.2 Å². The normalized spacial score (nSPS) is 10.4. The van der Waals surface area contributed by atoms with E-state index in [0.717, 1.165) is 20.4 Å². The first-order valence-corrected chi connectivity index (χ1v) is 8.57. The van der Waals surface area contributed by atoms with Crippen LogP contribution in [0.25, 0.3) is 10.9 Å². The largest absolute Gasteiger partial charge is 0.357 e. The first-order valence-electron chi connectivity index (χ1n) is 6.56. The summed E-state index contributed by atoms with van der Waals surface area (Å²) in [4.78, 5) is 4.55. The van der Waals surface area contributed by atoms with E-state index in [1.807, 2.05) is 0 Å². The Labute approximate surface area is 146 Å². The van der Waals surface area contributed by atoms with Gasteiger partial charge in [0.05, 0.1) is 17.1 Å². The minimum atomic E-state index is 0.537. The van der Waals surface area contributed by atoms with E-state index >= 15 is 0 Å². The molecule has 0 spiro atoms. The Morgan fingerprint density at radius 3 is 3.04 bits per heavy atom. The summed E-state index contributed by atoms with van der Waals surface area (Å²) in [5, 5.41) is 23.3. The standard InChI is InChI=1S/C15H10ClN5S2/c1-2-5-18-14-20-21-15(23-14)22-13-6-9(8-17)11-7-10(16)3-4-12(11)19-13/h2-4,6-7H,1,5H2,(H,18,20). The van der Waals surface area contributed by atoms with Crippen LogP contribution in [0.1, 0.15) is 5.56 Å². The van der Waals surface area contributed by atoms with Gasteiger partial charge in [0.2, 0.25) is 5.13 Å². The van der Waals surface area contributed by atoms with Gasteiger partial charge in [0.25, 0.3) is 0 Å². The Hall–Kier alpha value is -2.14. The number of rotatable bonds is 5. The van der Waals surface area contributed by atoms with E-state index < -0.39 is 0 Å². The number of pyridine rings is 1. The molecule has 0 aliphatic carbocycles. The minimum absolute atomic E-state index is 0.537. The van der Waals surface area contributed by atoms with Crippen LogP contribution in [0.2, 0.25) is 5.02 Å². The molecule has 3 rings (SSSR count). The Morgan fingerprint density at radius 2 is 2.26 bits per heavy atom.